The van der Waals surface area contributed by atoms with Gasteiger partial charge in [-0.15, -0.1) is 0 Å². The van der Waals surface area contributed by atoms with Gasteiger partial charge in [0.05, 0.1) is 11.4 Å². The Bertz CT molecular complexity index is 371. The van der Waals surface area contributed by atoms with Crippen molar-refractivity contribution in [1.82, 2.24) is 5.32 Å². The van der Waals surface area contributed by atoms with E-state index in [0.717, 1.165) is 24.5 Å². The molecule has 0 radical (unpaired) electrons. The van der Waals surface area contributed by atoms with Gasteiger partial charge in [0, 0.05) is 30.2 Å². The Kier molecular flexibility index (Phi) is 3.26. The van der Waals surface area contributed by atoms with E-state index < -0.39 is 0 Å². The lowest BCUT2D eigenvalue weighted by Crippen LogP contribution is -2.54. The summed E-state index contributed by atoms with van der Waals surface area (Å²) in [6.45, 7) is 6.34. The largest absolute Gasteiger partial charge is 0.397 e. The second kappa shape index (κ2) is 4.52. The van der Waals surface area contributed by atoms with Crippen molar-refractivity contribution < 1.29 is 0 Å². The number of nitrogens with two attached hydrogens (primary N) is 1. The molecule has 1 heterocycles. The standard InChI is InChI=1S/C12H18ClN3/c1-8-6-16(7-9(2)15-8)12-4-3-10(13)5-11(12)14/h3-5,8-9,15H,6-7,14H2,1-2H3. The molecule has 1 aliphatic rings. The summed E-state index contributed by atoms with van der Waals surface area (Å²) in [5.74, 6) is 0. The maximum atomic E-state index is 6.00. The molecular formula is C12H18ClN3. The molecule has 2 rings (SSSR count). The zero-order valence-electron chi connectivity index (χ0n) is 9.70. The van der Waals surface area contributed by atoms with Crippen LogP contribution in [0, 0.1) is 0 Å². The predicted molar refractivity (Wildman–Crippen MR) is 70.1 cm³/mol. The second-order valence-corrected chi connectivity index (χ2v) is 5.01. The molecule has 1 aromatic carbocycles. The molecule has 1 aliphatic heterocycles. The van der Waals surface area contributed by atoms with Crippen LogP contribution in [0.1, 0.15) is 13.8 Å². The van der Waals surface area contributed by atoms with Gasteiger partial charge in [0.25, 0.3) is 0 Å². The lowest BCUT2D eigenvalue weighted by atomic mass is 10.1. The highest BCUT2D eigenvalue weighted by atomic mass is 35.5. The number of nitrogen functional groups attached to an aromatic ring is 1. The zero-order chi connectivity index (χ0) is 11.7. The minimum atomic E-state index is 0.485. The van der Waals surface area contributed by atoms with E-state index in [1.807, 2.05) is 18.2 Å². The summed E-state index contributed by atoms with van der Waals surface area (Å²) in [6.07, 6.45) is 0. The predicted octanol–water partition coefficient (Wildman–Crippen LogP) is 2.11. The third-order valence-electron chi connectivity index (χ3n) is 2.89. The van der Waals surface area contributed by atoms with Crippen molar-refractivity contribution in [2.75, 3.05) is 23.7 Å². The number of rotatable bonds is 1. The number of piperazine rings is 1. The van der Waals surface area contributed by atoms with Crippen molar-refractivity contribution in [1.29, 1.82) is 0 Å². The summed E-state index contributed by atoms with van der Waals surface area (Å²) < 4.78 is 0. The number of nitrogens with one attached hydrogen (secondary N) is 1. The molecule has 0 saturated carbocycles. The topological polar surface area (TPSA) is 41.3 Å². The lowest BCUT2D eigenvalue weighted by Gasteiger charge is -2.38. The molecule has 4 heteroatoms. The molecule has 1 aromatic rings. The fourth-order valence-corrected chi connectivity index (χ4v) is 2.52. The second-order valence-electron chi connectivity index (χ2n) is 4.58. The molecule has 2 atom stereocenters. The van der Waals surface area contributed by atoms with Crippen molar-refractivity contribution in [2.45, 2.75) is 25.9 Å². The van der Waals surface area contributed by atoms with Crippen LogP contribution in [0.3, 0.4) is 0 Å². The van der Waals surface area contributed by atoms with Crippen LogP contribution in [-0.4, -0.2) is 25.2 Å². The van der Waals surface area contributed by atoms with Gasteiger partial charge in [-0.05, 0) is 32.0 Å². The first kappa shape index (κ1) is 11.6. The number of hydrogen-bond donors (Lipinski definition) is 2. The van der Waals surface area contributed by atoms with Crippen molar-refractivity contribution in [3.8, 4) is 0 Å². The van der Waals surface area contributed by atoms with Crippen molar-refractivity contribution in [2.24, 2.45) is 0 Å². The Morgan fingerprint density at radius 3 is 2.50 bits per heavy atom. The van der Waals surface area contributed by atoms with Gasteiger partial charge < -0.3 is 16.0 Å². The van der Waals surface area contributed by atoms with Gasteiger partial charge in [-0.2, -0.15) is 0 Å². The highest BCUT2D eigenvalue weighted by Crippen LogP contribution is 2.27. The quantitative estimate of drug-likeness (QED) is 0.738. The Morgan fingerprint density at radius 1 is 1.31 bits per heavy atom. The molecule has 0 aliphatic carbocycles. The summed E-state index contributed by atoms with van der Waals surface area (Å²) in [5, 5.41) is 4.19. The molecule has 0 spiro atoms. The van der Waals surface area contributed by atoms with E-state index in [2.05, 4.69) is 24.1 Å². The number of halogens is 1. The Labute approximate surface area is 102 Å². The van der Waals surface area contributed by atoms with Gasteiger partial charge >= 0.3 is 0 Å². The third-order valence-corrected chi connectivity index (χ3v) is 3.12. The van der Waals surface area contributed by atoms with Gasteiger partial charge in [-0.3, -0.25) is 0 Å². The van der Waals surface area contributed by atoms with Crippen LogP contribution in [0.15, 0.2) is 18.2 Å². The van der Waals surface area contributed by atoms with E-state index in [1.165, 1.54) is 0 Å². The molecule has 16 heavy (non-hydrogen) atoms. The summed E-state index contributed by atoms with van der Waals surface area (Å²) >= 11 is 5.90. The van der Waals surface area contributed by atoms with Crippen LogP contribution < -0.4 is 16.0 Å². The van der Waals surface area contributed by atoms with Gasteiger partial charge in [0.2, 0.25) is 0 Å². The van der Waals surface area contributed by atoms with Crippen molar-refractivity contribution >= 4 is 23.0 Å². The van der Waals surface area contributed by atoms with Crippen LogP contribution in [-0.2, 0) is 0 Å². The maximum Gasteiger partial charge on any atom is 0.0602 e. The number of nitrogens with zero attached hydrogens (tertiary/aromatic N) is 1. The van der Waals surface area contributed by atoms with Crippen LogP contribution in [0.5, 0.6) is 0 Å². The van der Waals surface area contributed by atoms with E-state index in [9.17, 15) is 0 Å². The molecule has 1 saturated heterocycles. The molecule has 0 amide bonds. The first-order chi connectivity index (χ1) is 7.56. The van der Waals surface area contributed by atoms with Crippen LogP contribution in [0.4, 0.5) is 11.4 Å². The summed E-state index contributed by atoms with van der Waals surface area (Å²) in [4.78, 5) is 2.32. The van der Waals surface area contributed by atoms with E-state index in [1.54, 1.807) is 0 Å². The van der Waals surface area contributed by atoms with Gasteiger partial charge in [0.1, 0.15) is 0 Å². The fourth-order valence-electron chi connectivity index (χ4n) is 2.34. The Balaban J connectivity index is 2.23. The molecule has 3 nitrogen and oxygen atoms in total. The molecule has 3 N–H and O–H groups in total. The molecule has 2 unspecified atom stereocenters. The number of benzene rings is 1. The molecular weight excluding hydrogens is 222 g/mol. The zero-order valence-corrected chi connectivity index (χ0v) is 10.5. The Morgan fingerprint density at radius 2 is 1.94 bits per heavy atom. The molecule has 1 fully saturated rings. The summed E-state index contributed by atoms with van der Waals surface area (Å²) in [7, 11) is 0. The van der Waals surface area contributed by atoms with Crippen LogP contribution in [0.2, 0.25) is 5.02 Å². The third kappa shape index (κ3) is 2.42. The van der Waals surface area contributed by atoms with Crippen LogP contribution in [0.25, 0.3) is 0 Å². The van der Waals surface area contributed by atoms with Gasteiger partial charge in [0.15, 0.2) is 0 Å². The SMILES string of the molecule is CC1CN(c2ccc(Cl)cc2N)CC(C)N1. The molecule has 88 valence electrons. The average molecular weight is 240 g/mol. The monoisotopic (exact) mass is 239 g/mol. The minimum absolute atomic E-state index is 0.485. The van der Waals surface area contributed by atoms with E-state index in [0.29, 0.717) is 17.1 Å². The van der Waals surface area contributed by atoms with Gasteiger partial charge in [-0.25, -0.2) is 0 Å². The van der Waals surface area contributed by atoms with E-state index >= 15 is 0 Å². The molecule has 0 bridgehead atoms. The maximum absolute atomic E-state index is 6.00. The first-order valence-corrected chi connectivity index (χ1v) is 6.00. The van der Waals surface area contributed by atoms with E-state index in [4.69, 9.17) is 17.3 Å². The smallest absolute Gasteiger partial charge is 0.0602 e. The van der Waals surface area contributed by atoms with Crippen molar-refractivity contribution in [3.63, 3.8) is 0 Å². The number of hydrogen-bond acceptors (Lipinski definition) is 3. The fraction of sp³-hybridized carbons (Fsp3) is 0.500. The highest BCUT2D eigenvalue weighted by molar-refractivity contribution is 6.31. The van der Waals surface area contributed by atoms with Crippen LogP contribution >= 0.6 is 11.6 Å². The summed E-state index contributed by atoms with van der Waals surface area (Å²) in [5.41, 5.74) is 7.84. The normalized spacial score (nSPS) is 25.8. The van der Waals surface area contributed by atoms with Gasteiger partial charge in [-0.1, -0.05) is 11.6 Å². The summed E-state index contributed by atoms with van der Waals surface area (Å²) in [6, 6.07) is 6.68. The Hall–Kier alpha value is -0.930. The lowest BCUT2D eigenvalue weighted by molar-refractivity contribution is 0.407. The first-order valence-electron chi connectivity index (χ1n) is 5.62. The van der Waals surface area contributed by atoms with Crippen molar-refractivity contribution in [3.05, 3.63) is 23.2 Å². The van der Waals surface area contributed by atoms with E-state index in [-0.39, 0.29) is 0 Å². The average Bonchev–Trinajstić information content (AvgIpc) is 2.15. The highest BCUT2D eigenvalue weighted by Gasteiger charge is 2.22. The molecule has 0 aromatic heterocycles. The minimum Gasteiger partial charge on any atom is -0.397 e. The number of anilines is 2.